The van der Waals surface area contributed by atoms with Crippen LogP contribution in [0.1, 0.15) is 13.8 Å². The summed E-state index contributed by atoms with van der Waals surface area (Å²) < 4.78 is 40.0. The summed E-state index contributed by atoms with van der Waals surface area (Å²) in [5.74, 6) is -1.93. The first-order valence-electron chi connectivity index (χ1n) is 16.2. The van der Waals surface area contributed by atoms with Gasteiger partial charge < -0.3 is 89.0 Å². The fourth-order valence-electron chi connectivity index (χ4n) is 6.17. The maximum Gasteiger partial charge on any atom is 0.239 e. The molecule has 0 amide bonds. The Kier molecular flexibility index (Phi) is 11.0. The van der Waals surface area contributed by atoms with E-state index in [0.29, 0.717) is 0 Å². The number of phenolic OH excluding ortho intramolecular Hbond substituents is 2. The molecule has 0 bridgehead atoms. The molecule has 3 aliphatic rings. The fourth-order valence-corrected chi connectivity index (χ4v) is 6.17. The van der Waals surface area contributed by atoms with Crippen LogP contribution < -0.4 is 14.9 Å². The molecule has 6 rings (SSSR count). The second-order valence-electron chi connectivity index (χ2n) is 12.9. The number of rotatable bonds is 8. The maximum absolute atomic E-state index is 14.0. The summed E-state index contributed by atoms with van der Waals surface area (Å²) in [5.41, 5.74) is -1.09. The Morgan fingerprint density at radius 2 is 1.27 bits per heavy atom. The van der Waals surface area contributed by atoms with Crippen LogP contribution in [-0.4, -0.2) is 155 Å². The molecule has 19 heteroatoms. The first-order valence-corrected chi connectivity index (χ1v) is 16.2. The summed E-state index contributed by atoms with van der Waals surface area (Å²) in [5, 5.41) is 113. The molecule has 11 N–H and O–H groups in total. The van der Waals surface area contributed by atoms with Gasteiger partial charge in [0.1, 0.15) is 83.2 Å². The van der Waals surface area contributed by atoms with Crippen molar-refractivity contribution in [3.8, 4) is 34.3 Å². The van der Waals surface area contributed by atoms with E-state index in [1.807, 2.05) is 0 Å². The zero-order chi connectivity index (χ0) is 37.8. The third kappa shape index (κ3) is 7.03. The number of aliphatic hydroxyl groups excluding tert-OH is 9. The first kappa shape index (κ1) is 38.1. The van der Waals surface area contributed by atoms with Crippen molar-refractivity contribution in [1.82, 2.24) is 0 Å². The van der Waals surface area contributed by atoms with Gasteiger partial charge in [-0.1, -0.05) is 0 Å². The molecule has 15 atom stereocenters. The van der Waals surface area contributed by atoms with Crippen molar-refractivity contribution in [1.29, 1.82) is 0 Å². The molecule has 0 saturated carbocycles. The van der Waals surface area contributed by atoms with Gasteiger partial charge in [0.2, 0.25) is 23.8 Å². The van der Waals surface area contributed by atoms with Gasteiger partial charge in [0.25, 0.3) is 0 Å². The molecular formula is C33H40O19. The number of fused-ring (bicyclic) bond motifs is 1. The van der Waals surface area contributed by atoms with Crippen LogP contribution in [-0.2, 0) is 18.9 Å². The quantitative estimate of drug-likeness (QED) is 0.110. The molecule has 0 aliphatic carbocycles. The fraction of sp³-hybridized carbons (Fsp3) is 0.545. The largest absolute Gasteiger partial charge is 0.508 e. The van der Waals surface area contributed by atoms with Gasteiger partial charge in [-0.2, -0.15) is 0 Å². The predicted molar refractivity (Wildman–Crippen MR) is 170 cm³/mol. The summed E-state index contributed by atoms with van der Waals surface area (Å²) >= 11 is 0. The average Bonchev–Trinajstić information content (AvgIpc) is 3.11. The van der Waals surface area contributed by atoms with E-state index in [4.69, 9.17) is 32.8 Å². The highest BCUT2D eigenvalue weighted by molar-refractivity contribution is 5.88. The Bertz CT molecular complexity index is 1760. The van der Waals surface area contributed by atoms with Crippen molar-refractivity contribution in [2.75, 3.05) is 6.61 Å². The van der Waals surface area contributed by atoms with Crippen LogP contribution in [0.5, 0.6) is 23.0 Å². The average molecular weight is 741 g/mol. The van der Waals surface area contributed by atoms with E-state index >= 15 is 0 Å². The van der Waals surface area contributed by atoms with E-state index in [-0.39, 0.29) is 28.4 Å². The summed E-state index contributed by atoms with van der Waals surface area (Å²) in [4.78, 5) is 14.0. The van der Waals surface area contributed by atoms with E-state index < -0.39 is 121 Å². The number of hydrogen-bond donors (Lipinski definition) is 11. The van der Waals surface area contributed by atoms with Crippen LogP contribution in [0.2, 0.25) is 0 Å². The summed E-state index contributed by atoms with van der Waals surface area (Å²) in [6, 6.07) is 7.45. The van der Waals surface area contributed by atoms with Crippen molar-refractivity contribution in [3.05, 3.63) is 46.6 Å². The van der Waals surface area contributed by atoms with E-state index in [0.717, 1.165) is 12.1 Å². The maximum atomic E-state index is 14.0. The molecule has 286 valence electrons. The molecule has 1 aromatic heterocycles. The molecule has 2 aromatic carbocycles. The molecule has 0 radical (unpaired) electrons. The highest BCUT2D eigenvalue weighted by atomic mass is 16.8. The Morgan fingerprint density at radius 3 is 1.92 bits per heavy atom. The topological polar surface area (TPSA) is 308 Å². The lowest BCUT2D eigenvalue weighted by Crippen LogP contribution is -2.64. The predicted octanol–water partition coefficient (Wildman–Crippen LogP) is -2.89. The van der Waals surface area contributed by atoms with Gasteiger partial charge in [0, 0.05) is 17.7 Å². The van der Waals surface area contributed by atoms with E-state index in [9.17, 15) is 61.0 Å². The number of phenols is 2. The van der Waals surface area contributed by atoms with Crippen LogP contribution in [0.15, 0.2) is 45.6 Å². The monoisotopic (exact) mass is 740 g/mol. The molecule has 3 aromatic rings. The van der Waals surface area contributed by atoms with Crippen molar-refractivity contribution < 1.29 is 89.0 Å². The lowest BCUT2D eigenvalue weighted by molar-refractivity contribution is -0.355. The molecule has 52 heavy (non-hydrogen) atoms. The highest BCUT2D eigenvalue weighted by Gasteiger charge is 2.51. The Labute approximate surface area is 293 Å². The van der Waals surface area contributed by atoms with Gasteiger partial charge in [-0.25, -0.2) is 0 Å². The Hall–Kier alpha value is -3.67. The minimum absolute atomic E-state index is 0.130. The van der Waals surface area contributed by atoms with Crippen molar-refractivity contribution in [3.63, 3.8) is 0 Å². The van der Waals surface area contributed by atoms with Gasteiger partial charge in [-0.3, -0.25) is 4.79 Å². The van der Waals surface area contributed by atoms with Crippen molar-refractivity contribution in [2.45, 2.75) is 106 Å². The minimum atomic E-state index is -1.88. The lowest BCUT2D eigenvalue weighted by Gasteiger charge is -2.45. The van der Waals surface area contributed by atoms with Crippen LogP contribution in [0.3, 0.4) is 0 Å². The number of aromatic hydroxyl groups is 2. The van der Waals surface area contributed by atoms with Gasteiger partial charge in [-0.05, 0) is 38.1 Å². The number of benzene rings is 2. The smallest absolute Gasteiger partial charge is 0.239 e. The van der Waals surface area contributed by atoms with Gasteiger partial charge in [0.05, 0.1) is 18.8 Å². The van der Waals surface area contributed by atoms with E-state index in [1.165, 1.54) is 38.1 Å². The van der Waals surface area contributed by atoms with Gasteiger partial charge in [-0.15, -0.1) is 0 Å². The highest BCUT2D eigenvalue weighted by Crippen LogP contribution is 2.39. The molecular weight excluding hydrogens is 700 g/mol. The van der Waals surface area contributed by atoms with Crippen molar-refractivity contribution in [2.24, 2.45) is 0 Å². The zero-order valence-corrected chi connectivity index (χ0v) is 27.5. The molecule has 3 fully saturated rings. The summed E-state index contributed by atoms with van der Waals surface area (Å²) in [6.07, 6.45) is -23.9. The molecule has 4 heterocycles. The SMILES string of the molecule is C[C@H]1O[C@H](Oc2c(-c3ccc(O)cc3)oc3cc(O[C@H]4O[C@H](C)[C@@H](O)[C@H](O)[C@@H]4O[C@H]4O[C@@H](CO)[C@H](O)[C@@H](O)[C@@H]4O)cc(O)c3c2=O)[C@@H](O)[C@@H](O)[C@@H]1O. The Morgan fingerprint density at radius 1 is 0.673 bits per heavy atom. The van der Waals surface area contributed by atoms with Gasteiger partial charge >= 0.3 is 0 Å². The normalized spacial score (nSPS) is 38.2. The third-order valence-corrected chi connectivity index (χ3v) is 9.25. The number of aliphatic hydroxyl groups is 9. The van der Waals surface area contributed by atoms with Gasteiger partial charge in [0.15, 0.2) is 18.2 Å². The second-order valence-corrected chi connectivity index (χ2v) is 12.9. The van der Waals surface area contributed by atoms with Crippen LogP contribution in [0.4, 0.5) is 0 Å². The molecule has 0 spiro atoms. The Balaban J connectivity index is 1.37. The number of ether oxygens (including phenoxy) is 6. The van der Waals surface area contributed by atoms with Crippen LogP contribution in [0, 0.1) is 0 Å². The second kappa shape index (κ2) is 15.0. The first-order chi connectivity index (χ1) is 24.6. The third-order valence-electron chi connectivity index (χ3n) is 9.25. The van der Waals surface area contributed by atoms with Crippen LogP contribution in [0.25, 0.3) is 22.3 Å². The standard InChI is InChI=1S/C33H40O19/c1-10-19(37)23(41)26(44)31(46-10)51-29-22(40)18-15(36)7-14(8-16(18)49-28(29)12-3-5-13(35)6-4-12)48-33-30(25(43)20(38)11(2)47-33)52-32-27(45)24(42)21(39)17(9-34)50-32/h3-8,10-11,17,19-21,23-27,30-39,41-45H,9H2,1-2H3/t10-,11-,17+,19-,20-,21+,23+,24-,25+,26+,27+,30+,31-,32-,33-/m1/s1. The molecule has 0 unspecified atom stereocenters. The van der Waals surface area contributed by atoms with Crippen molar-refractivity contribution >= 4 is 11.0 Å². The zero-order valence-electron chi connectivity index (χ0n) is 27.5. The summed E-state index contributed by atoms with van der Waals surface area (Å²) in [7, 11) is 0. The molecule has 3 aliphatic heterocycles. The van der Waals surface area contributed by atoms with E-state index in [2.05, 4.69) is 0 Å². The molecule has 3 saturated heterocycles. The molecule has 19 nitrogen and oxygen atoms in total. The number of hydrogen-bond acceptors (Lipinski definition) is 19. The lowest BCUT2D eigenvalue weighted by atomic mass is 9.97. The van der Waals surface area contributed by atoms with E-state index in [1.54, 1.807) is 0 Å². The van der Waals surface area contributed by atoms with Crippen LogP contribution >= 0.6 is 0 Å². The minimum Gasteiger partial charge on any atom is -0.508 e. The summed E-state index contributed by atoms with van der Waals surface area (Å²) in [6.45, 7) is 2.04.